The van der Waals surface area contributed by atoms with Crippen molar-refractivity contribution >= 4 is 0 Å². The summed E-state index contributed by atoms with van der Waals surface area (Å²) in [6.07, 6.45) is 14.4. The predicted octanol–water partition coefficient (Wildman–Crippen LogP) is 5.74. The van der Waals surface area contributed by atoms with Gasteiger partial charge in [0.05, 0.1) is 25.9 Å². The number of allylic oxidation sites excluding steroid dienone is 1. The van der Waals surface area contributed by atoms with E-state index in [0.29, 0.717) is 12.0 Å². The topological polar surface area (TPSA) is 27.7 Å². The van der Waals surface area contributed by atoms with E-state index in [1.807, 2.05) is 0 Å². The van der Waals surface area contributed by atoms with Crippen LogP contribution in [0.1, 0.15) is 57.4 Å². The average molecular weight is 409 g/mol. The molecule has 5 aliphatic rings. The molecule has 4 fully saturated rings. The molecule has 1 aromatic rings. The maximum atomic E-state index is 6.36. The van der Waals surface area contributed by atoms with Crippen molar-refractivity contribution in [1.82, 2.24) is 0 Å². The highest BCUT2D eigenvalue weighted by Crippen LogP contribution is 2.64. The molecule has 1 spiro atoms. The zero-order valence-corrected chi connectivity index (χ0v) is 18.3. The van der Waals surface area contributed by atoms with Gasteiger partial charge in [-0.1, -0.05) is 43.3 Å². The second-order valence-electron chi connectivity index (χ2n) is 10.8. The minimum absolute atomic E-state index is 0.132. The minimum Gasteiger partial charge on any atom is -0.374 e. The van der Waals surface area contributed by atoms with Crippen molar-refractivity contribution in [1.29, 1.82) is 0 Å². The summed E-state index contributed by atoms with van der Waals surface area (Å²) in [6.45, 7) is 4.70. The molecule has 0 N–H and O–H groups in total. The Bertz CT molecular complexity index is 783. The zero-order valence-electron chi connectivity index (χ0n) is 18.3. The van der Waals surface area contributed by atoms with Gasteiger partial charge in [0.1, 0.15) is 0 Å². The molecule has 0 aromatic heterocycles. The van der Waals surface area contributed by atoms with Crippen molar-refractivity contribution in [3.8, 4) is 0 Å². The van der Waals surface area contributed by atoms with Gasteiger partial charge >= 0.3 is 0 Å². The predicted molar refractivity (Wildman–Crippen MR) is 117 cm³/mol. The lowest BCUT2D eigenvalue weighted by atomic mass is 9.50. The Morgan fingerprint density at radius 1 is 0.933 bits per heavy atom. The van der Waals surface area contributed by atoms with Gasteiger partial charge in [0.2, 0.25) is 0 Å². The standard InChI is InChI=1S/C27H36O3/c1-26-13-11-23-22-10-8-21(28-18-19-5-3-2-4-6-19)17-20(22)7-9-24(23)25(26)12-14-27(26)29-15-16-30-27/h2-6,12,14,20-25H,7-11,13,15-18H2,1H3/t20-,21?,22+,23-,24-,25+,26+/m1/s1. The molecule has 1 heterocycles. The molecule has 162 valence electrons. The van der Waals surface area contributed by atoms with Crippen LogP contribution in [0.2, 0.25) is 0 Å². The zero-order chi connectivity index (χ0) is 20.2. The van der Waals surface area contributed by atoms with E-state index in [9.17, 15) is 0 Å². The first-order chi connectivity index (χ1) is 14.7. The lowest BCUT2D eigenvalue weighted by molar-refractivity contribution is -0.224. The van der Waals surface area contributed by atoms with Gasteiger partial charge in [0.15, 0.2) is 5.79 Å². The Labute approximate surface area is 181 Å². The summed E-state index contributed by atoms with van der Waals surface area (Å²) in [6, 6.07) is 10.6. The third-order valence-corrected chi connectivity index (χ3v) is 9.52. The molecular formula is C27H36O3. The molecule has 3 saturated carbocycles. The van der Waals surface area contributed by atoms with E-state index < -0.39 is 5.79 Å². The van der Waals surface area contributed by atoms with Crippen molar-refractivity contribution in [2.24, 2.45) is 35.0 Å². The molecular weight excluding hydrogens is 372 g/mol. The molecule has 7 atom stereocenters. The van der Waals surface area contributed by atoms with Crippen LogP contribution in [0.4, 0.5) is 0 Å². The van der Waals surface area contributed by atoms with Gasteiger partial charge in [-0.25, -0.2) is 0 Å². The quantitative estimate of drug-likeness (QED) is 0.597. The molecule has 0 bridgehead atoms. The monoisotopic (exact) mass is 408 g/mol. The maximum absolute atomic E-state index is 6.36. The number of ether oxygens (including phenoxy) is 3. The molecule has 3 heteroatoms. The van der Waals surface area contributed by atoms with Gasteiger partial charge in [-0.2, -0.15) is 0 Å². The van der Waals surface area contributed by atoms with E-state index in [4.69, 9.17) is 14.2 Å². The normalized spacial score (nSPS) is 43.9. The van der Waals surface area contributed by atoms with Gasteiger partial charge in [-0.05, 0) is 86.2 Å². The lowest BCUT2D eigenvalue weighted by Gasteiger charge is -2.57. The first kappa shape index (κ1) is 19.5. The van der Waals surface area contributed by atoms with E-state index >= 15 is 0 Å². The molecule has 1 aromatic carbocycles. The van der Waals surface area contributed by atoms with Crippen LogP contribution in [-0.4, -0.2) is 25.1 Å². The number of rotatable bonds is 3. The summed E-state index contributed by atoms with van der Waals surface area (Å²) < 4.78 is 18.8. The van der Waals surface area contributed by atoms with Gasteiger partial charge in [-0.3, -0.25) is 0 Å². The van der Waals surface area contributed by atoms with Crippen molar-refractivity contribution in [3.05, 3.63) is 48.0 Å². The Hall–Kier alpha value is -1.16. The Morgan fingerprint density at radius 3 is 2.57 bits per heavy atom. The van der Waals surface area contributed by atoms with Crippen molar-refractivity contribution < 1.29 is 14.2 Å². The average Bonchev–Trinajstić information content (AvgIpc) is 3.38. The number of hydrogen-bond donors (Lipinski definition) is 0. The van der Waals surface area contributed by atoms with Gasteiger partial charge in [0.25, 0.3) is 0 Å². The first-order valence-electron chi connectivity index (χ1n) is 12.3. The molecule has 1 aliphatic heterocycles. The van der Waals surface area contributed by atoms with E-state index in [1.165, 1.54) is 50.5 Å². The minimum atomic E-state index is -0.428. The Kier molecular flexibility index (Phi) is 4.86. The summed E-state index contributed by atoms with van der Waals surface area (Å²) in [5.74, 6) is 3.67. The molecule has 1 saturated heterocycles. The second kappa shape index (κ2) is 7.46. The molecule has 30 heavy (non-hydrogen) atoms. The van der Waals surface area contributed by atoms with Crippen molar-refractivity contribution in [3.63, 3.8) is 0 Å². The Morgan fingerprint density at radius 2 is 1.73 bits per heavy atom. The maximum Gasteiger partial charge on any atom is 0.193 e. The highest BCUT2D eigenvalue weighted by molar-refractivity contribution is 5.24. The molecule has 0 amide bonds. The van der Waals surface area contributed by atoms with Crippen LogP contribution in [0.25, 0.3) is 0 Å². The smallest absolute Gasteiger partial charge is 0.193 e. The van der Waals surface area contributed by atoms with E-state index in [2.05, 4.69) is 49.4 Å². The fourth-order valence-electron chi connectivity index (χ4n) is 8.03. The number of benzene rings is 1. The van der Waals surface area contributed by atoms with E-state index in [1.54, 1.807) is 0 Å². The number of fused-ring (bicyclic) bond motifs is 6. The van der Waals surface area contributed by atoms with Crippen LogP contribution in [0.5, 0.6) is 0 Å². The van der Waals surface area contributed by atoms with Crippen LogP contribution < -0.4 is 0 Å². The summed E-state index contributed by atoms with van der Waals surface area (Å²) in [5, 5.41) is 0. The largest absolute Gasteiger partial charge is 0.374 e. The fourth-order valence-corrected chi connectivity index (χ4v) is 8.03. The van der Waals surface area contributed by atoms with Crippen LogP contribution in [-0.2, 0) is 20.8 Å². The van der Waals surface area contributed by atoms with Crippen molar-refractivity contribution in [2.45, 2.75) is 70.4 Å². The summed E-state index contributed by atoms with van der Waals surface area (Å²) in [4.78, 5) is 0. The molecule has 6 rings (SSSR count). The first-order valence-corrected chi connectivity index (χ1v) is 12.3. The molecule has 1 unspecified atom stereocenters. The second-order valence-corrected chi connectivity index (χ2v) is 10.8. The SMILES string of the molecule is C[C@]12CC[C@H]3[C@@H](CC[C@@H]4CC(OCc5ccccc5)CC[C@@H]43)[C@@H]1C=CC21OCCO1. The summed E-state index contributed by atoms with van der Waals surface area (Å²) in [5.41, 5.74) is 1.43. The van der Waals surface area contributed by atoms with Crippen LogP contribution in [0.15, 0.2) is 42.5 Å². The van der Waals surface area contributed by atoms with E-state index in [0.717, 1.165) is 43.5 Å². The highest BCUT2D eigenvalue weighted by Gasteiger charge is 2.63. The van der Waals surface area contributed by atoms with Crippen LogP contribution in [0.3, 0.4) is 0 Å². The van der Waals surface area contributed by atoms with Crippen LogP contribution in [0, 0.1) is 35.0 Å². The molecule has 4 aliphatic carbocycles. The van der Waals surface area contributed by atoms with Gasteiger partial charge in [0, 0.05) is 5.41 Å². The number of hydrogen-bond acceptors (Lipinski definition) is 3. The van der Waals surface area contributed by atoms with E-state index in [-0.39, 0.29) is 5.41 Å². The molecule has 0 radical (unpaired) electrons. The summed E-state index contributed by atoms with van der Waals surface area (Å²) >= 11 is 0. The third kappa shape index (κ3) is 2.96. The van der Waals surface area contributed by atoms with Gasteiger partial charge in [-0.15, -0.1) is 0 Å². The fraction of sp³-hybridized carbons (Fsp3) is 0.704. The Balaban J connectivity index is 1.12. The molecule has 3 nitrogen and oxygen atoms in total. The highest BCUT2D eigenvalue weighted by atomic mass is 16.7. The summed E-state index contributed by atoms with van der Waals surface area (Å²) in [7, 11) is 0. The van der Waals surface area contributed by atoms with Gasteiger partial charge < -0.3 is 14.2 Å². The lowest BCUT2D eigenvalue weighted by Crippen LogP contribution is -2.54. The van der Waals surface area contributed by atoms with Crippen LogP contribution >= 0.6 is 0 Å². The van der Waals surface area contributed by atoms with Crippen molar-refractivity contribution in [2.75, 3.05) is 13.2 Å². The third-order valence-electron chi connectivity index (χ3n) is 9.52.